The Hall–Kier alpha value is -2.17. The van der Waals surface area contributed by atoms with Crippen molar-refractivity contribution in [2.24, 2.45) is 0 Å². The number of hydrogen-bond donors (Lipinski definition) is 3. The molecule has 0 spiro atoms. The summed E-state index contributed by atoms with van der Waals surface area (Å²) in [6, 6.07) is 14.2. The molecule has 0 saturated carbocycles. The molecule has 0 atom stereocenters. The van der Waals surface area contributed by atoms with Crippen LogP contribution in [0.1, 0.15) is 0 Å². The first-order chi connectivity index (χ1) is 12.9. The van der Waals surface area contributed by atoms with E-state index in [-0.39, 0.29) is 18.3 Å². The summed E-state index contributed by atoms with van der Waals surface area (Å²) in [5.41, 5.74) is 4.74. The zero-order valence-electron chi connectivity index (χ0n) is 13.8. The highest BCUT2D eigenvalue weighted by Gasteiger charge is 2.09. The lowest BCUT2D eigenvalue weighted by atomic mass is 10.3. The first kappa shape index (κ1) is 21.1. The van der Waals surface area contributed by atoms with Crippen LogP contribution in [0, 0.1) is 0 Å². The zero-order chi connectivity index (χ0) is 19.6. The molecule has 0 bridgehead atoms. The molecule has 2 amide bonds. The van der Waals surface area contributed by atoms with Crippen LogP contribution < -0.4 is 25.6 Å². The molecule has 0 radical (unpaired) electrons. The van der Waals surface area contributed by atoms with E-state index in [1.807, 2.05) is 6.07 Å². The van der Waals surface area contributed by atoms with Gasteiger partial charge in [-0.25, -0.2) is 0 Å². The number of ether oxygens (including phenoxy) is 2. The molecular weight excluding hydrogens is 502 g/mol. The Bertz CT molecular complexity index is 821. The largest absolute Gasteiger partial charge is 0.484 e. The second kappa shape index (κ2) is 10.9. The van der Waals surface area contributed by atoms with Crippen molar-refractivity contribution in [1.82, 2.24) is 16.2 Å². The minimum atomic E-state index is -0.475. The third-order valence-corrected chi connectivity index (χ3v) is 4.25. The van der Waals surface area contributed by atoms with Crippen molar-refractivity contribution in [1.29, 1.82) is 0 Å². The van der Waals surface area contributed by atoms with Crippen LogP contribution in [-0.4, -0.2) is 30.1 Å². The van der Waals surface area contributed by atoms with Gasteiger partial charge in [0.05, 0.1) is 4.47 Å². The van der Waals surface area contributed by atoms with Gasteiger partial charge in [0.25, 0.3) is 11.8 Å². The number of thiocarbonyl (C=S) groups is 1. The van der Waals surface area contributed by atoms with Crippen molar-refractivity contribution in [2.45, 2.75) is 0 Å². The smallest absolute Gasteiger partial charge is 0.276 e. The van der Waals surface area contributed by atoms with Crippen LogP contribution in [0.2, 0.25) is 0 Å². The number of benzene rings is 2. The standard InChI is InChI=1S/C17H15Br2N3O4S/c18-11-6-7-14(13(19)8-11)26-9-15(23)20-17(27)22-21-16(24)10-25-12-4-2-1-3-5-12/h1-8H,9-10H2,(H,21,24)(H2,20,22,23,27). The van der Waals surface area contributed by atoms with E-state index in [1.165, 1.54) is 0 Å². The summed E-state index contributed by atoms with van der Waals surface area (Å²) in [6.45, 7) is -0.443. The van der Waals surface area contributed by atoms with Gasteiger partial charge < -0.3 is 9.47 Å². The average Bonchev–Trinajstić information content (AvgIpc) is 2.65. The second-order valence-electron chi connectivity index (χ2n) is 5.02. The van der Waals surface area contributed by atoms with Crippen LogP contribution in [0.25, 0.3) is 0 Å². The van der Waals surface area contributed by atoms with E-state index < -0.39 is 11.8 Å². The number of hydrogen-bond acceptors (Lipinski definition) is 5. The quantitative estimate of drug-likeness (QED) is 0.404. The van der Waals surface area contributed by atoms with Gasteiger partial charge in [0.15, 0.2) is 18.3 Å². The summed E-state index contributed by atoms with van der Waals surface area (Å²) >= 11 is 11.6. The van der Waals surface area contributed by atoms with Crippen LogP contribution in [0.4, 0.5) is 0 Å². The fourth-order valence-electron chi connectivity index (χ4n) is 1.76. The molecule has 27 heavy (non-hydrogen) atoms. The molecule has 0 aliphatic rings. The lowest BCUT2D eigenvalue weighted by Gasteiger charge is -2.12. The molecule has 3 N–H and O–H groups in total. The van der Waals surface area contributed by atoms with Crippen LogP contribution >= 0.6 is 44.1 Å². The number of halogens is 2. The summed E-state index contributed by atoms with van der Waals surface area (Å²) < 4.78 is 12.3. The van der Waals surface area contributed by atoms with Gasteiger partial charge in [0.1, 0.15) is 11.5 Å². The molecule has 142 valence electrons. The summed E-state index contributed by atoms with van der Waals surface area (Å²) in [4.78, 5) is 23.5. The Morgan fingerprint density at radius 3 is 2.33 bits per heavy atom. The number of para-hydroxylation sites is 1. The maximum absolute atomic E-state index is 11.8. The highest BCUT2D eigenvalue weighted by atomic mass is 79.9. The molecule has 2 aromatic carbocycles. The molecular formula is C17H15Br2N3O4S. The van der Waals surface area contributed by atoms with Crippen molar-refractivity contribution < 1.29 is 19.1 Å². The highest BCUT2D eigenvalue weighted by Crippen LogP contribution is 2.28. The Morgan fingerprint density at radius 2 is 1.63 bits per heavy atom. The van der Waals surface area contributed by atoms with Crippen molar-refractivity contribution in [2.75, 3.05) is 13.2 Å². The molecule has 0 aromatic heterocycles. The maximum atomic E-state index is 11.8. The number of rotatable bonds is 6. The summed E-state index contributed by atoms with van der Waals surface area (Å²) in [6.07, 6.45) is 0. The number of amides is 2. The molecule has 0 unspecified atom stereocenters. The van der Waals surface area contributed by atoms with Gasteiger partial charge in [-0.1, -0.05) is 34.1 Å². The monoisotopic (exact) mass is 515 g/mol. The Kier molecular flexibility index (Phi) is 8.49. The zero-order valence-corrected chi connectivity index (χ0v) is 17.8. The second-order valence-corrected chi connectivity index (χ2v) is 7.19. The minimum absolute atomic E-state index is 0.0634. The molecule has 0 heterocycles. The van der Waals surface area contributed by atoms with Crippen molar-refractivity contribution in [3.8, 4) is 11.5 Å². The molecule has 0 saturated heterocycles. The molecule has 10 heteroatoms. The Morgan fingerprint density at radius 1 is 0.926 bits per heavy atom. The molecule has 7 nitrogen and oxygen atoms in total. The Labute approximate surface area is 178 Å². The van der Waals surface area contributed by atoms with Crippen LogP contribution in [0.5, 0.6) is 11.5 Å². The van der Waals surface area contributed by atoms with Gasteiger partial charge in [-0.05, 0) is 58.5 Å². The molecule has 0 aliphatic carbocycles. The predicted molar refractivity (Wildman–Crippen MR) is 111 cm³/mol. The normalized spacial score (nSPS) is 9.85. The molecule has 2 aromatic rings. The van der Waals surface area contributed by atoms with Crippen molar-refractivity contribution in [3.05, 3.63) is 57.5 Å². The topological polar surface area (TPSA) is 88.7 Å². The summed E-state index contributed by atoms with van der Waals surface area (Å²) in [5.74, 6) is 0.154. The number of hydrazine groups is 1. The van der Waals surface area contributed by atoms with Gasteiger partial charge in [-0.2, -0.15) is 0 Å². The fourth-order valence-corrected chi connectivity index (χ4v) is 3.08. The minimum Gasteiger partial charge on any atom is -0.484 e. The SMILES string of the molecule is O=C(COc1ccccc1)NNC(=S)NC(=O)COc1ccc(Br)cc1Br. The van der Waals surface area contributed by atoms with Crippen LogP contribution in [0.15, 0.2) is 57.5 Å². The van der Waals surface area contributed by atoms with Gasteiger partial charge in [0, 0.05) is 4.47 Å². The van der Waals surface area contributed by atoms with E-state index in [0.717, 1.165) is 4.47 Å². The first-order valence-electron chi connectivity index (χ1n) is 7.58. The lowest BCUT2D eigenvalue weighted by molar-refractivity contribution is -0.124. The number of carbonyl (C=O) groups excluding carboxylic acids is 2. The van der Waals surface area contributed by atoms with Gasteiger partial charge in [-0.3, -0.25) is 25.8 Å². The van der Waals surface area contributed by atoms with Crippen molar-refractivity contribution in [3.63, 3.8) is 0 Å². The Balaban J connectivity index is 1.65. The third-order valence-electron chi connectivity index (χ3n) is 2.93. The first-order valence-corrected chi connectivity index (χ1v) is 9.58. The highest BCUT2D eigenvalue weighted by molar-refractivity contribution is 9.11. The van der Waals surface area contributed by atoms with Gasteiger partial charge in [0.2, 0.25) is 0 Å². The molecule has 0 fully saturated rings. The fraction of sp³-hybridized carbons (Fsp3) is 0.118. The van der Waals surface area contributed by atoms with E-state index in [0.29, 0.717) is 16.0 Å². The predicted octanol–water partition coefficient (Wildman–Crippen LogP) is 2.69. The third kappa shape index (κ3) is 7.94. The van der Waals surface area contributed by atoms with Gasteiger partial charge >= 0.3 is 0 Å². The number of nitrogens with one attached hydrogen (secondary N) is 3. The van der Waals surface area contributed by atoms with Crippen LogP contribution in [0.3, 0.4) is 0 Å². The van der Waals surface area contributed by atoms with E-state index in [9.17, 15) is 9.59 Å². The molecule has 0 aliphatic heterocycles. The molecule has 2 rings (SSSR count). The van der Waals surface area contributed by atoms with Crippen LogP contribution in [-0.2, 0) is 9.59 Å². The summed E-state index contributed by atoms with van der Waals surface area (Å²) in [5, 5.41) is 2.32. The summed E-state index contributed by atoms with van der Waals surface area (Å²) in [7, 11) is 0. The van der Waals surface area contributed by atoms with E-state index in [2.05, 4.69) is 48.0 Å². The van der Waals surface area contributed by atoms with Crippen molar-refractivity contribution >= 4 is 61.0 Å². The van der Waals surface area contributed by atoms with E-state index in [4.69, 9.17) is 21.7 Å². The average molecular weight is 517 g/mol. The van der Waals surface area contributed by atoms with E-state index >= 15 is 0 Å². The van der Waals surface area contributed by atoms with E-state index in [1.54, 1.807) is 42.5 Å². The lowest BCUT2D eigenvalue weighted by Crippen LogP contribution is -2.50. The number of carbonyl (C=O) groups is 2. The maximum Gasteiger partial charge on any atom is 0.276 e. The van der Waals surface area contributed by atoms with Gasteiger partial charge in [-0.15, -0.1) is 0 Å².